The summed E-state index contributed by atoms with van der Waals surface area (Å²) in [6.07, 6.45) is 0.704. The van der Waals surface area contributed by atoms with Gasteiger partial charge in [-0.05, 0) is 16.7 Å². The SMILES string of the molecule is C(#Cc1nn[nH]n1)Cc1ccccc1. The Kier molecular flexibility index (Phi) is 2.53. The van der Waals surface area contributed by atoms with Crippen LogP contribution in [-0.2, 0) is 6.42 Å². The maximum absolute atomic E-state index is 3.73. The first-order valence-corrected chi connectivity index (χ1v) is 4.21. The minimum atomic E-state index is 0.431. The molecular formula is C10H8N4. The molecule has 2 rings (SSSR count). The molecule has 4 nitrogen and oxygen atoms in total. The van der Waals surface area contributed by atoms with Gasteiger partial charge in [-0.2, -0.15) is 5.21 Å². The molecule has 68 valence electrons. The van der Waals surface area contributed by atoms with Crippen molar-refractivity contribution < 1.29 is 0 Å². The van der Waals surface area contributed by atoms with Gasteiger partial charge in [0.2, 0.25) is 5.82 Å². The number of hydrogen-bond donors (Lipinski definition) is 1. The van der Waals surface area contributed by atoms with Gasteiger partial charge < -0.3 is 0 Å². The molecule has 14 heavy (non-hydrogen) atoms. The number of aromatic nitrogens is 4. The van der Waals surface area contributed by atoms with Crippen LogP contribution in [0.3, 0.4) is 0 Å². The van der Waals surface area contributed by atoms with Gasteiger partial charge in [-0.3, -0.25) is 0 Å². The molecular weight excluding hydrogens is 176 g/mol. The van der Waals surface area contributed by atoms with Crippen molar-refractivity contribution in [2.75, 3.05) is 0 Å². The second kappa shape index (κ2) is 4.19. The average molecular weight is 184 g/mol. The molecule has 1 aromatic carbocycles. The summed E-state index contributed by atoms with van der Waals surface area (Å²) >= 11 is 0. The van der Waals surface area contributed by atoms with E-state index in [9.17, 15) is 0 Å². The second-order valence-electron chi connectivity index (χ2n) is 2.70. The highest BCUT2D eigenvalue weighted by atomic mass is 15.5. The molecule has 1 N–H and O–H groups in total. The predicted octanol–water partition coefficient (Wildman–Crippen LogP) is 0.794. The van der Waals surface area contributed by atoms with Crippen molar-refractivity contribution in [2.45, 2.75) is 6.42 Å². The first-order valence-electron chi connectivity index (χ1n) is 4.21. The van der Waals surface area contributed by atoms with Crippen LogP contribution in [0.15, 0.2) is 30.3 Å². The van der Waals surface area contributed by atoms with Crippen LogP contribution in [0.5, 0.6) is 0 Å². The van der Waals surface area contributed by atoms with Gasteiger partial charge in [0, 0.05) is 6.42 Å². The summed E-state index contributed by atoms with van der Waals surface area (Å²) in [5.41, 5.74) is 1.18. The number of nitrogens with zero attached hydrogens (tertiary/aromatic N) is 3. The fraction of sp³-hybridized carbons (Fsp3) is 0.100. The summed E-state index contributed by atoms with van der Waals surface area (Å²) in [5.74, 6) is 6.21. The van der Waals surface area contributed by atoms with Crippen molar-refractivity contribution in [3.63, 3.8) is 0 Å². The molecule has 0 radical (unpaired) electrons. The highest BCUT2D eigenvalue weighted by Gasteiger charge is 1.89. The number of nitrogens with one attached hydrogen (secondary N) is 1. The van der Waals surface area contributed by atoms with Crippen molar-refractivity contribution >= 4 is 0 Å². The summed E-state index contributed by atoms with van der Waals surface area (Å²) in [7, 11) is 0. The van der Waals surface area contributed by atoms with E-state index in [0.717, 1.165) is 0 Å². The van der Waals surface area contributed by atoms with E-state index in [1.807, 2.05) is 30.3 Å². The van der Waals surface area contributed by atoms with Crippen LogP contribution >= 0.6 is 0 Å². The molecule has 1 aromatic heterocycles. The van der Waals surface area contributed by atoms with Crippen LogP contribution < -0.4 is 0 Å². The summed E-state index contributed by atoms with van der Waals surface area (Å²) in [4.78, 5) is 0. The third kappa shape index (κ3) is 2.17. The molecule has 0 unspecified atom stereocenters. The number of benzene rings is 1. The van der Waals surface area contributed by atoms with Gasteiger partial charge in [-0.25, -0.2) is 0 Å². The Bertz CT molecular complexity index is 436. The Balaban J connectivity index is 2.01. The van der Waals surface area contributed by atoms with Crippen LogP contribution in [-0.4, -0.2) is 20.6 Å². The maximum atomic E-state index is 3.73. The zero-order chi connectivity index (χ0) is 9.64. The van der Waals surface area contributed by atoms with E-state index in [2.05, 4.69) is 32.5 Å². The van der Waals surface area contributed by atoms with Gasteiger partial charge in [0.05, 0.1) is 0 Å². The number of rotatable bonds is 1. The molecule has 0 aliphatic rings. The standard InChI is InChI=1S/C10H8N4/c1-2-5-9(6-3-1)7-4-8-10-11-13-14-12-10/h1-3,5-6H,7H2,(H,11,12,13,14). The van der Waals surface area contributed by atoms with Crippen molar-refractivity contribution in [1.29, 1.82) is 0 Å². The Morgan fingerprint density at radius 3 is 2.79 bits per heavy atom. The van der Waals surface area contributed by atoms with Crippen LogP contribution in [0.25, 0.3) is 0 Å². The van der Waals surface area contributed by atoms with Gasteiger partial charge in [0.15, 0.2) is 0 Å². The summed E-state index contributed by atoms with van der Waals surface area (Å²) in [6.45, 7) is 0. The van der Waals surface area contributed by atoms with Crippen LogP contribution in [0, 0.1) is 11.8 Å². The molecule has 0 fully saturated rings. The third-order valence-corrected chi connectivity index (χ3v) is 1.68. The number of hydrogen-bond acceptors (Lipinski definition) is 3. The van der Waals surface area contributed by atoms with Gasteiger partial charge in [0.25, 0.3) is 0 Å². The van der Waals surface area contributed by atoms with Crippen molar-refractivity contribution in [3.8, 4) is 11.8 Å². The van der Waals surface area contributed by atoms with Gasteiger partial charge in [-0.1, -0.05) is 41.4 Å². The average Bonchev–Trinajstić information content (AvgIpc) is 2.72. The summed E-state index contributed by atoms with van der Waals surface area (Å²) < 4.78 is 0. The van der Waals surface area contributed by atoms with Gasteiger partial charge >= 0.3 is 0 Å². The lowest BCUT2D eigenvalue weighted by molar-refractivity contribution is 0.881. The Hall–Kier alpha value is -2.15. The lowest BCUT2D eigenvalue weighted by Crippen LogP contribution is -1.81. The predicted molar refractivity (Wildman–Crippen MR) is 51.2 cm³/mol. The fourth-order valence-corrected chi connectivity index (χ4v) is 1.04. The molecule has 1 heterocycles. The molecule has 2 aromatic rings. The van der Waals surface area contributed by atoms with Crippen molar-refractivity contribution in [2.24, 2.45) is 0 Å². The molecule has 0 saturated heterocycles. The van der Waals surface area contributed by atoms with E-state index in [1.165, 1.54) is 5.56 Å². The first kappa shape index (κ1) is 8.45. The minimum absolute atomic E-state index is 0.431. The molecule has 0 atom stereocenters. The van der Waals surface area contributed by atoms with E-state index < -0.39 is 0 Å². The smallest absolute Gasteiger partial charge is 0.176 e. The molecule has 0 amide bonds. The molecule has 0 aliphatic carbocycles. The lowest BCUT2D eigenvalue weighted by atomic mass is 10.2. The van der Waals surface area contributed by atoms with Crippen LogP contribution in [0.4, 0.5) is 0 Å². The number of aromatic amines is 1. The summed E-state index contributed by atoms with van der Waals surface area (Å²) in [5, 5.41) is 13.2. The Labute approximate surface area is 81.4 Å². The first-order chi connectivity index (χ1) is 6.95. The molecule has 0 spiro atoms. The highest BCUT2D eigenvalue weighted by molar-refractivity contribution is 5.24. The zero-order valence-electron chi connectivity index (χ0n) is 7.44. The van der Waals surface area contributed by atoms with E-state index in [-0.39, 0.29) is 0 Å². The molecule has 0 aliphatic heterocycles. The van der Waals surface area contributed by atoms with Gasteiger partial charge in [0.1, 0.15) is 0 Å². The molecule has 0 saturated carbocycles. The minimum Gasteiger partial charge on any atom is -0.176 e. The van der Waals surface area contributed by atoms with Gasteiger partial charge in [-0.15, -0.1) is 5.10 Å². The van der Waals surface area contributed by atoms with Crippen LogP contribution in [0.1, 0.15) is 11.4 Å². The largest absolute Gasteiger partial charge is 0.247 e. The topological polar surface area (TPSA) is 54.5 Å². The van der Waals surface area contributed by atoms with E-state index in [0.29, 0.717) is 12.2 Å². The molecule has 0 bridgehead atoms. The Morgan fingerprint density at radius 1 is 1.21 bits per heavy atom. The fourth-order valence-electron chi connectivity index (χ4n) is 1.04. The summed E-state index contributed by atoms with van der Waals surface area (Å²) in [6, 6.07) is 10.0. The highest BCUT2D eigenvalue weighted by Crippen LogP contribution is 1.97. The molecule has 4 heteroatoms. The van der Waals surface area contributed by atoms with Crippen molar-refractivity contribution in [3.05, 3.63) is 41.7 Å². The van der Waals surface area contributed by atoms with E-state index in [1.54, 1.807) is 0 Å². The Morgan fingerprint density at radius 2 is 2.07 bits per heavy atom. The van der Waals surface area contributed by atoms with Crippen LogP contribution in [0.2, 0.25) is 0 Å². The van der Waals surface area contributed by atoms with E-state index in [4.69, 9.17) is 0 Å². The monoisotopic (exact) mass is 184 g/mol. The quantitative estimate of drug-likeness (QED) is 0.667. The maximum Gasteiger partial charge on any atom is 0.247 e. The second-order valence-corrected chi connectivity index (χ2v) is 2.70. The third-order valence-electron chi connectivity index (χ3n) is 1.68. The lowest BCUT2D eigenvalue weighted by Gasteiger charge is -1.90. The normalized spacial score (nSPS) is 9.14. The zero-order valence-corrected chi connectivity index (χ0v) is 7.44. The number of tetrazole rings is 1. The number of H-pyrrole nitrogens is 1. The van der Waals surface area contributed by atoms with E-state index >= 15 is 0 Å². The van der Waals surface area contributed by atoms with Crippen molar-refractivity contribution in [1.82, 2.24) is 20.6 Å².